The topological polar surface area (TPSA) is 94.9 Å². The summed E-state index contributed by atoms with van der Waals surface area (Å²) in [7, 11) is 1.48. The first kappa shape index (κ1) is 16.8. The number of nitrogens with two attached hydrogens (primary N) is 1. The van der Waals surface area contributed by atoms with Crippen molar-refractivity contribution in [1.82, 2.24) is 14.1 Å². The van der Waals surface area contributed by atoms with Gasteiger partial charge in [-0.15, -0.1) is 11.3 Å². The molecule has 1 saturated carbocycles. The lowest BCUT2D eigenvalue weighted by molar-refractivity contribution is 0.600. The summed E-state index contributed by atoms with van der Waals surface area (Å²) in [5.41, 5.74) is 6.19. The van der Waals surface area contributed by atoms with Crippen LogP contribution in [0.4, 0.5) is 10.9 Å². The Morgan fingerprint density at radius 3 is 2.75 bits per heavy atom. The molecule has 2 heterocycles. The first-order valence-electron chi connectivity index (χ1n) is 8.34. The van der Waals surface area contributed by atoms with Crippen molar-refractivity contribution in [2.24, 2.45) is 7.05 Å². The molecule has 0 atom stereocenters. The van der Waals surface area contributed by atoms with Crippen molar-refractivity contribution in [1.29, 1.82) is 0 Å². The van der Waals surface area contributed by atoms with E-state index in [1.54, 1.807) is 0 Å². The van der Waals surface area contributed by atoms with Gasteiger partial charge in [0.15, 0.2) is 5.13 Å². The van der Waals surface area contributed by atoms with Crippen molar-refractivity contribution < 1.29 is 0 Å². The largest absolute Gasteiger partial charge is 0.384 e. The van der Waals surface area contributed by atoms with Crippen LogP contribution in [0.5, 0.6) is 0 Å². The quantitative estimate of drug-likeness (QED) is 0.861. The van der Waals surface area contributed by atoms with Crippen LogP contribution in [0.2, 0.25) is 0 Å². The van der Waals surface area contributed by atoms with Gasteiger partial charge in [0, 0.05) is 25.0 Å². The summed E-state index contributed by atoms with van der Waals surface area (Å²) in [5.74, 6) is 0.197. The van der Waals surface area contributed by atoms with Gasteiger partial charge >= 0.3 is 5.69 Å². The highest BCUT2D eigenvalue weighted by atomic mass is 32.1. The van der Waals surface area contributed by atoms with Crippen LogP contribution in [-0.4, -0.2) is 20.2 Å². The Balaban J connectivity index is 2.01. The molecule has 0 saturated heterocycles. The number of anilines is 2. The summed E-state index contributed by atoms with van der Waals surface area (Å²) in [6, 6.07) is 0.457. The van der Waals surface area contributed by atoms with Crippen LogP contribution in [0.25, 0.3) is 11.3 Å². The van der Waals surface area contributed by atoms with Crippen LogP contribution in [-0.2, 0) is 13.6 Å². The van der Waals surface area contributed by atoms with E-state index in [4.69, 9.17) is 5.73 Å². The SMILES string of the molecule is CCCn1c(N)c(-c2csc(NC3CCCC3)n2)c(=O)n(C)c1=O. The lowest BCUT2D eigenvalue weighted by atomic mass is 10.2. The summed E-state index contributed by atoms with van der Waals surface area (Å²) in [6.45, 7) is 2.44. The minimum atomic E-state index is -0.400. The minimum Gasteiger partial charge on any atom is -0.384 e. The minimum absolute atomic E-state index is 0.197. The van der Waals surface area contributed by atoms with Crippen molar-refractivity contribution in [3.05, 3.63) is 26.2 Å². The second-order valence-corrected chi connectivity index (χ2v) is 7.08. The molecule has 2 aromatic heterocycles. The fourth-order valence-corrected chi connectivity index (χ4v) is 3.94. The normalized spacial score (nSPS) is 15.1. The first-order chi connectivity index (χ1) is 11.5. The van der Waals surface area contributed by atoms with Crippen LogP contribution in [0, 0.1) is 0 Å². The Morgan fingerprint density at radius 2 is 2.08 bits per heavy atom. The molecular formula is C16H23N5O2S. The Bertz CT molecular complexity index is 845. The molecule has 2 aromatic rings. The van der Waals surface area contributed by atoms with Crippen LogP contribution in [0.15, 0.2) is 15.0 Å². The van der Waals surface area contributed by atoms with E-state index in [0.29, 0.717) is 23.8 Å². The molecule has 3 rings (SSSR count). The summed E-state index contributed by atoms with van der Waals surface area (Å²) in [6.07, 6.45) is 5.55. The van der Waals surface area contributed by atoms with Crippen molar-refractivity contribution in [2.45, 2.75) is 51.6 Å². The first-order valence-corrected chi connectivity index (χ1v) is 9.22. The molecule has 8 heteroatoms. The van der Waals surface area contributed by atoms with E-state index in [-0.39, 0.29) is 11.5 Å². The molecule has 0 bridgehead atoms. The fourth-order valence-electron chi connectivity index (χ4n) is 3.16. The Hall–Kier alpha value is -2.09. The molecule has 1 aliphatic carbocycles. The third kappa shape index (κ3) is 2.98. The molecule has 0 amide bonds. The van der Waals surface area contributed by atoms with Crippen LogP contribution < -0.4 is 22.3 Å². The number of nitrogens with zero attached hydrogens (tertiary/aromatic N) is 3. The number of aromatic nitrogens is 3. The standard InChI is InChI=1S/C16H23N5O2S/c1-3-8-21-13(17)12(14(22)20(2)16(21)23)11-9-24-15(19-11)18-10-6-4-5-7-10/h9-10H,3-8,17H2,1-2H3,(H,18,19). The van der Waals surface area contributed by atoms with Gasteiger partial charge in [0.1, 0.15) is 11.4 Å². The average Bonchev–Trinajstić information content (AvgIpc) is 3.23. The summed E-state index contributed by atoms with van der Waals surface area (Å²) < 4.78 is 2.55. The smallest absolute Gasteiger partial charge is 0.332 e. The Morgan fingerprint density at radius 1 is 1.38 bits per heavy atom. The third-order valence-electron chi connectivity index (χ3n) is 4.47. The maximum Gasteiger partial charge on any atom is 0.332 e. The van der Waals surface area contributed by atoms with Gasteiger partial charge in [-0.2, -0.15) is 0 Å². The van der Waals surface area contributed by atoms with E-state index in [1.807, 2.05) is 12.3 Å². The Kier molecular flexibility index (Phi) is 4.75. The molecule has 1 fully saturated rings. The van der Waals surface area contributed by atoms with Gasteiger partial charge in [-0.1, -0.05) is 19.8 Å². The highest BCUT2D eigenvalue weighted by Gasteiger charge is 2.20. The van der Waals surface area contributed by atoms with E-state index in [2.05, 4.69) is 10.3 Å². The number of thiazole rings is 1. The molecule has 0 aromatic carbocycles. The van der Waals surface area contributed by atoms with Crippen LogP contribution >= 0.6 is 11.3 Å². The Labute approximate surface area is 144 Å². The van der Waals surface area contributed by atoms with Gasteiger partial charge < -0.3 is 11.1 Å². The fraction of sp³-hybridized carbons (Fsp3) is 0.562. The zero-order valence-electron chi connectivity index (χ0n) is 14.0. The molecular weight excluding hydrogens is 326 g/mol. The second-order valence-electron chi connectivity index (χ2n) is 6.22. The summed E-state index contributed by atoms with van der Waals surface area (Å²) in [5, 5.41) is 6.05. The van der Waals surface area contributed by atoms with Gasteiger partial charge in [0.05, 0.1) is 5.69 Å². The molecule has 0 radical (unpaired) electrons. The number of hydrogen-bond donors (Lipinski definition) is 2. The van der Waals surface area contributed by atoms with E-state index < -0.39 is 5.56 Å². The predicted molar refractivity (Wildman–Crippen MR) is 97.6 cm³/mol. The third-order valence-corrected chi connectivity index (χ3v) is 5.25. The van der Waals surface area contributed by atoms with Gasteiger partial charge in [-0.3, -0.25) is 13.9 Å². The van der Waals surface area contributed by atoms with Crippen molar-refractivity contribution in [3.63, 3.8) is 0 Å². The van der Waals surface area contributed by atoms with E-state index in [9.17, 15) is 9.59 Å². The lowest BCUT2D eigenvalue weighted by Gasteiger charge is -2.13. The maximum atomic E-state index is 12.5. The van der Waals surface area contributed by atoms with Gasteiger partial charge in [-0.05, 0) is 19.3 Å². The van der Waals surface area contributed by atoms with E-state index in [0.717, 1.165) is 29.0 Å². The molecule has 0 spiro atoms. The monoisotopic (exact) mass is 349 g/mol. The molecule has 130 valence electrons. The van der Waals surface area contributed by atoms with Crippen molar-refractivity contribution in [2.75, 3.05) is 11.1 Å². The molecule has 7 nitrogen and oxygen atoms in total. The summed E-state index contributed by atoms with van der Waals surface area (Å²) >= 11 is 1.46. The van der Waals surface area contributed by atoms with Crippen LogP contribution in [0.1, 0.15) is 39.0 Å². The molecule has 24 heavy (non-hydrogen) atoms. The van der Waals surface area contributed by atoms with Crippen molar-refractivity contribution >= 4 is 22.3 Å². The maximum absolute atomic E-state index is 12.5. The van der Waals surface area contributed by atoms with Gasteiger partial charge in [-0.25, -0.2) is 9.78 Å². The highest BCUT2D eigenvalue weighted by molar-refractivity contribution is 7.14. The average molecular weight is 349 g/mol. The number of hydrogen-bond acceptors (Lipinski definition) is 6. The lowest BCUT2D eigenvalue weighted by Crippen LogP contribution is -2.40. The van der Waals surface area contributed by atoms with Crippen LogP contribution in [0.3, 0.4) is 0 Å². The molecule has 3 N–H and O–H groups in total. The zero-order chi connectivity index (χ0) is 17.3. The number of nitrogen functional groups attached to an aromatic ring is 1. The van der Waals surface area contributed by atoms with E-state index in [1.165, 1.54) is 35.8 Å². The molecule has 1 aliphatic rings. The van der Waals surface area contributed by atoms with Gasteiger partial charge in [0.25, 0.3) is 5.56 Å². The van der Waals surface area contributed by atoms with Gasteiger partial charge in [0.2, 0.25) is 0 Å². The number of rotatable bonds is 5. The van der Waals surface area contributed by atoms with E-state index >= 15 is 0 Å². The highest BCUT2D eigenvalue weighted by Crippen LogP contribution is 2.28. The number of nitrogens with one attached hydrogen (secondary N) is 1. The summed E-state index contributed by atoms with van der Waals surface area (Å²) in [4.78, 5) is 29.3. The zero-order valence-corrected chi connectivity index (χ0v) is 14.9. The molecule has 0 unspecified atom stereocenters. The molecule has 0 aliphatic heterocycles. The predicted octanol–water partition coefficient (Wildman–Crippen LogP) is 2.02. The second kappa shape index (κ2) is 6.80. The van der Waals surface area contributed by atoms with Crippen molar-refractivity contribution in [3.8, 4) is 11.3 Å².